The van der Waals surface area contributed by atoms with Crippen molar-refractivity contribution in [1.82, 2.24) is 15.1 Å². The first-order valence-corrected chi connectivity index (χ1v) is 7.60. The molecule has 2 aromatic rings. The van der Waals surface area contributed by atoms with E-state index in [0.29, 0.717) is 18.5 Å². The summed E-state index contributed by atoms with van der Waals surface area (Å²) < 4.78 is 15.5. The Labute approximate surface area is 125 Å². The SMILES string of the molecule is CC(C)c1nn(C)cc1-c1ccc(F)cc1CNC1CC1. The van der Waals surface area contributed by atoms with Gasteiger partial charge in [0.05, 0.1) is 5.69 Å². The van der Waals surface area contributed by atoms with Crippen LogP contribution in [0.25, 0.3) is 11.1 Å². The van der Waals surface area contributed by atoms with Crippen LogP contribution in [0.5, 0.6) is 0 Å². The molecule has 0 radical (unpaired) electrons. The molecule has 1 N–H and O–H groups in total. The number of nitrogens with one attached hydrogen (secondary N) is 1. The van der Waals surface area contributed by atoms with Gasteiger partial charge in [-0.15, -0.1) is 0 Å². The Morgan fingerprint density at radius 3 is 2.76 bits per heavy atom. The summed E-state index contributed by atoms with van der Waals surface area (Å²) in [5.41, 5.74) is 4.27. The molecule has 1 aromatic carbocycles. The predicted molar refractivity (Wildman–Crippen MR) is 82.6 cm³/mol. The lowest BCUT2D eigenvalue weighted by molar-refractivity contribution is 0.620. The summed E-state index contributed by atoms with van der Waals surface area (Å²) in [6.45, 7) is 4.99. The molecule has 0 bridgehead atoms. The lowest BCUT2D eigenvalue weighted by Gasteiger charge is -2.12. The minimum atomic E-state index is -0.179. The highest BCUT2D eigenvalue weighted by atomic mass is 19.1. The second kappa shape index (κ2) is 5.60. The van der Waals surface area contributed by atoms with Gasteiger partial charge in [0.2, 0.25) is 0 Å². The summed E-state index contributed by atoms with van der Waals surface area (Å²) in [7, 11) is 1.93. The van der Waals surface area contributed by atoms with Gasteiger partial charge in [-0.1, -0.05) is 19.9 Å². The Morgan fingerprint density at radius 1 is 1.33 bits per heavy atom. The van der Waals surface area contributed by atoms with Crippen LogP contribution in [0.4, 0.5) is 4.39 Å². The minimum Gasteiger partial charge on any atom is -0.310 e. The molecule has 0 spiro atoms. The first kappa shape index (κ1) is 14.3. The lowest BCUT2D eigenvalue weighted by atomic mass is 9.96. The highest BCUT2D eigenvalue weighted by Gasteiger charge is 2.22. The molecule has 1 fully saturated rings. The molecule has 1 heterocycles. The number of aryl methyl sites for hydroxylation is 1. The summed E-state index contributed by atoms with van der Waals surface area (Å²) in [5.74, 6) is 0.164. The highest BCUT2D eigenvalue weighted by molar-refractivity contribution is 5.69. The quantitative estimate of drug-likeness (QED) is 0.910. The van der Waals surface area contributed by atoms with E-state index in [1.165, 1.54) is 18.9 Å². The molecule has 3 nitrogen and oxygen atoms in total. The van der Waals surface area contributed by atoms with E-state index in [-0.39, 0.29) is 5.82 Å². The van der Waals surface area contributed by atoms with Gasteiger partial charge in [0.25, 0.3) is 0 Å². The first-order valence-electron chi connectivity index (χ1n) is 7.60. The normalized spacial score (nSPS) is 14.9. The molecular weight excluding hydrogens is 265 g/mol. The molecule has 0 unspecified atom stereocenters. The van der Waals surface area contributed by atoms with E-state index < -0.39 is 0 Å². The molecule has 1 aliphatic carbocycles. The fourth-order valence-corrected chi connectivity index (χ4v) is 2.65. The predicted octanol–water partition coefficient (Wildman–Crippen LogP) is 3.60. The Hall–Kier alpha value is -1.68. The van der Waals surface area contributed by atoms with Gasteiger partial charge < -0.3 is 5.32 Å². The van der Waals surface area contributed by atoms with Gasteiger partial charge in [0.1, 0.15) is 5.82 Å². The van der Waals surface area contributed by atoms with Crippen molar-refractivity contribution in [1.29, 1.82) is 0 Å². The van der Waals surface area contributed by atoms with E-state index >= 15 is 0 Å². The number of benzene rings is 1. The van der Waals surface area contributed by atoms with Gasteiger partial charge in [-0.25, -0.2) is 4.39 Å². The molecule has 0 amide bonds. The number of halogens is 1. The van der Waals surface area contributed by atoms with Gasteiger partial charge in [-0.2, -0.15) is 5.10 Å². The zero-order valence-electron chi connectivity index (χ0n) is 12.9. The third-order valence-corrected chi connectivity index (χ3v) is 3.92. The minimum absolute atomic E-state index is 0.179. The Balaban J connectivity index is 2.00. The van der Waals surface area contributed by atoms with Crippen LogP contribution < -0.4 is 5.32 Å². The van der Waals surface area contributed by atoms with Crippen LogP contribution in [-0.4, -0.2) is 15.8 Å². The van der Waals surface area contributed by atoms with Crippen LogP contribution in [-0.2, 0) is 13.6 Å². The molecule has 1 aromatic heterocycles. The summed E-state index contributed by atoms with van der Waals surface area (Å²) in [6, 6.07) is 5.66. The number of nitrogens with zero attached hydrogens (tertiary/aromatic N) is 2. The number of hydrogen-bond donors (Lipinski definition) is 1. The maximum Gasteiger partial charge on any atom is 0.123 e. The Kier molecular flexibility index (Phi) is 3.81. The summed E-state index contributed by atoms with van der Waals surface area (Å²) in [5, 5.41) is 8.03. The van der Waals surface area contributed by atoms with Crippen LogP contribution in [0.2, 0.25) is 0 Å². The van der Waals surface area contributed by atoms with Crippen LogP contribution in [0.3, 0.4) is 0 Å². The molecule has 1 aliphatic rings. The maximum absolute atomic E-state index is 13.6. The van der Waals surface area contributed by atoms with Gasteiger partial charge in [0.15, 0.2) is 0 Å². The average molecular weight is 287 g/mol. The van der Waals surface area contributed by atoms with E-state index in [9.17, 15) is 4.39 Å². The van der Waals surface area contributed by atoms with E-state index in [1.807, 2.05) is 24.0 Å². The van der Waals surface area contributed by atoms with Crippen molar-refractivity contribution in [3.05, 3.63) is 41.5 Å². The highest BCUT2D eigenvalue weighted by Crippen LogP contribution is 2.31. The Bertz CT molecular complexity index is 641. The second-order valence-corrected chi connectivity index (χ2v) is 6.21. The second-order valence-electron chi connectivity index (χ2n) is 6.21. The monoisotopic (exact) mass is 287 g/mol. The Morgan fingerprint density at radius 2 is 2.10 bits per heavy atom. The number of aromatic nitrogens is 2. The number of hydrogen-bond acceptors (Lipinski definition) is 2. The average Bonchev–Trinajstić information content (AvgIpc) is 3.18. The van der Waals surface area contributed by atoms with Crippen molar-refractivity contribution in [2.75, 3.05) is 0 Å². The molecule has 0 saturated heterocycles. The largest absolute Gasteiger partial charge is 0.310 e. The molecule has 0 atom stereocenters. The molecule has 112 valence electrons. The molecule has 3 rings (SSSR count). The van der Waals surface area contributed by atoms with Gasteiger partial charge >= 0.3 is 0 Å². The van der Waals surface area contributed by atoms with E-state index in [4.69, 9.17) is 0 Å². The fraction of sp³-hybridized carbons (Fsp3) is 0.471. The van der Waals surface area contributed by atoms with Crippen molar-refractivity contribution in [3.8, 4) is 11.1 Å². The molecule has 0 aliphatic heterocycles. The summed E-state index contributed by atoms with van der Waals surface area (Å²) in [6.07, 6.45) is 4.49. The van der Waals surface area contributed by atoms with Crippen LogP contribution >= 0.6 is 0 Å². The van der Waals surface area contributed by atoms with E-state index in [2.05, 4.69) is 24.3 Å². The van der Waals surface area contributed by atoms with Crippen molar-refractivity contribution >= 4 is 0 Å². The van der Waals surface area contributed by atoms with Crippen molar-refractivity contribution < 1.29 is 4.39 Å². The third kappa shape index (κ3) is 3.16. The first-order chi connectivity index (χ1) is 10.0. The molecule has 1 saturated carbocycles. The zero-order chi connectivity index (χ0) is 15.0. The van der Waals surface area contributed by atoms with Crippen LogP contribution in [0, 0.1) is 5.82 Å². The van der Waals surface area contributed by atoms with Crippen molar-refractivity contribution in [3.63, 3.8) is 0 Å². The standard InChI is InChI=1S/C17H22FN3/c1-11(2)17-16(10-21(3)20-17)15-7-4-13(18)8-12(15)9-19-14-5-6-14/h4,7-8,10-11,14,19H,5-6,9H2,1-3H3. The molecule has 4 heteroatoms. The molecular formula is C17H22FN3. The smallest absolute Gasteiger partial charge is 0.123 e. The van der Waals surface area contributed by atoms with Gasteiger partial charge in [-0.05, 0) is 42.0 Å². The van der Waals surface area contributed by atoms with Gasteiger partial charge in [0, 0.05) is 31.4 Å². The van der Waals surface area contributed by atoms with E-state index in [0.717, 1.165) is 22.4 Å². The topological polar surface area (TPSA) is 29.9 Å². The lowest BCUT2D eigenvalue weighted by Crippen LogP contribution is -2.16. The van der Waals surface area contributed by atoms with Crippen molar-refractivity contribution in [2.45, 2.75) is 45.2 Å². The van der Waals surface area contributed by atoms with Crippen molar-refractivity contribution in [2.24, 2.45) is 7.05 Å². The van der Waals surface area contributed by atoms with Gasteiger partial charge in [-0.3, -0.25) is 4.68 Å². The van der Waals surface area contributed by atoms with E-state index in [1.54, 1.807) is 6.07 Å². The summed E-state index contributed by atoms with van der Waals surface area (Å²) in [4.78, 5) is 0. The number of rotatable bonds is 5. The van der Waals surface area contributed by atoms with Crippen LogP contribution in [0.1, 0.15) is 43.9 Å². The zero-order valence-corrected chi connectivity index (χ0v) is 12.9. The maximum atomic E-state index is 13.6. The molecule has 21 heavy (non-hydrogen) atoms. The summed E-state index contributed by atoms with van der Waals surface area (Å²) >= 11 is 0. The van der Waals surface area contributed by atoms with Crippen LogP contribution in [0.15, 0.2) is 24.4 Å². The fourth-order valence-electron chi connectivity index (χ4n) is 2.65. The third-order valence-electron chi connectivity index (χ3n) is 3.92.